The fraction of sp³-hybridized carbons (Fsp3) is 0.318. The van der Waals surface area contributed by atoms with Crippen LogP contribution < -0.4 is 4.74 Å². The van der Waals surface area contributed by atoms with Gasteiger partial charge < -0.3 is 23.9 Å². The van der Waals surface area contributed by atoms with Gasteiger partial charge in [-0.05, 0) is 55.0 Å². The SMILES string of the molecule is COCC1COC(Cc2ncc[nH]2)(c2ccc(Oc3ccc(Cl)cc3C)cc2)O1. The molecule has 1 aromatic heterocycles. The summed E-state index contributed by atoms with van der Waals surface area (Å²) >= 11 is 6.02. The first-order chi connectivity index (χ1) is 14.1. The van der Waals surface area contributed by atoms with Crippen molar-refractivity contribution >= 4 is 11.6 Å². The minimum Gasteiger partial charge on any atom is -0.457 e. The molecule has 0 radical (unpaired) electrons. The molecular weight excluding hydrogens is 392 g/mol. The van der Waals surface area contributed by atoms with Crippen LogP contribution in [-0.2, 0) is 26.4 Å². The van der Waals surface area contributed by atoms with Gasteiger partial charge in [0.1, 0.15) is 23.4 Å². The van der Waals surface area contributed by atoms with Crippen LogP contribution in [0.25, 0.3) is 0 Å². The van der Waals surface area contributed by atoms with Gasteiger partial charge >= 0.3 is 0 Å². The summed E-state index contributed by atoms with van der Waals surface area (Å²) in [4.78, 5) is 7.45. The smallest absolute Gasteiger partial charge is 0.202 e. The molecule has 2 unspecified atom stereocenters. The second-order valence-corrected chi connectivity index (χ2v) is 7.44. The molecule has 1 aliphatic heterocycles. The van der Waals surface area contributed by atoms with Crippen LogP contribution in [0.5, 0.6) is 11.5 Å². The molecule has 1 N–H and O–H groups in total. The highest BCUT2D eigenvalue weighted by molar-refractivity contribution is 6.30. The van der Waals surface area contributed by atoms with Crippen LogP contribution in [0.4, 0.5) is 0 Å². The predicted molar refractivity (Wildman–Crippen MR) is 109 cm³/mol. The molecular formula is C22H23ClN2O4. The van der Waals surface area contributed by atoms with Gasteiger partial charge in [0, 0.05) is 30.1 Å². The largest absolute Gasteiger partial charge is 0.457 e. The molecule has 3 aromatic rings. The number of hydrogen-bond donors (Lipinski definition) is 1. The first kappa shape index (κ1) is 19.9. The van der Waals surface area contributed by atoms with Gasteiger partial charge in [-0.3, -0.25) is 0 Å². The summed E-state index contributed by atoms with van der Waals surface area (Å²) in [5, 5.41) is 0.686. The number of rotatable bonds is 7. The average molecular weight is 415 g/mol. The van der Waals surface area contributed by atoms with E-state index >= 15 is 0 Å². The molecule has 0 amide bonds. The number of ether oxygens (including phenoxy) is 4. The highest BCUT2D eigenvalue weighted by atomic mass is 35.5. The maximum Gasteiger partial charge on any atom is 0.202 e. The molecule has 0 saturated carbocycles. The first-order valence-corrected chi connectivity index (χ1v) is 9.79. The molecule has 0 bridgehead atoms. The standard InChI is InChI=1S/C22H23ClN2O4/c1-15-11-17(23)5-8-20(15)28-18-6-3-16(4-7-18)22(12-21-24-9-10-25-21)27-14-19(29-22)13-26-2/h3-11,19H,12-14H2,1-2H3,(H,24,25). The molecule has 1 fully saturated rings. The van der Waals surface area contributed by atoms with E-state index in [1.165, 1.54) is 0 Å². The molecule has 2 atom stereocenters. The molecule has 0 aliphatic carbocycles. The van der Waals surface area contributed by atoms with Crippen molar-refractivity contribution < 1.29 is 18.9 Å². The van der Waals surface area contributed by atoms with Crippen LogP contribution >= 0.6 is 11.6 Å². The zero-order valence-corrected chi connectivity index (χ0v) is 17.1. The van der Waals surface area contributed by atoms with Gasteiger partial charge in [-0.15, -0.1) is 0 Å². The minimum atomic E-state index is -0.921. The average Bonchev–Trinajstić information content (AvgIpc) is 3.36. The van der Waals surface area contributed by atoms with Gasteiger partial charge in [0.15, 0.2) is 0 Å². The van der Waals surface area contributed by atoms with Gasteiger partial charge in [0.05, 0.1) is 19.6 Å². The lowest BCUT2D eigenvalue weighted by Gasteiger charge is -2.28. The molecule has 4 rings (SSSR count). The van der Waals surface area contributed by atoms with E-state index in [0.717, 1.165) is 28.5 Å². The Morgan fingerprint density at radius 1 is 1.24 bits per heavy atom. The van der Waals surface area contributed by atoms with Crippen molar-refractivity contribution in [3.05, 3.63) is 76.8 Å². The van der Waals surface area contributed by atoms with Gasteiger partial charge in [-0.25, -0.2) is 4.98 Å². The van der Waals surface area contributed by atoms with Crippen LogP contribution in [-0.4, -0.2) is 36.4 Å². The summed E-state index contributed by atoms with van der Waals surface area (Å²) in [6, 6.07) is 13.3. The van der Waals surface area contributed by atoms with Crippen molar-refractivity contribution in [1.29, 1.82) is 0 Å². The molecule has 1 aliphatic rings. The van der Waals surface area contributed by atoms with Crippen LogP contribution in [0.1, 0.15) is 17.0 Å². The van der Waals surface area contributed by atoms with Crippen molar-refractivity contribution in [2.45, 2.75) is 25.2 Å². The number of hydrogen-bond acceptors (Lipinski definition) is 5. The quantitative estimate of drug-likeness (QED) is 0.611. The number of H-pyrrole nitrogens is 1. The number of aromatic amines is 1. The number of imidazole rings is 1. The monoisotopic (exact) mass is 414 g/mol. The van der Waals surface area contributed by atoms with Gasteiger partial charge in [0.25, 0.3) is 0 Å². The zero-order valence-electron chi connectivity index (χ0n) is 16.4. The topological polar surface area (TPSA) is 65.6 Å². The molecule has 7 heteroatoms. The second-order valence-electron chi connectivity index (χ2n) is 7.01. The minimum absolute atomic E-state index is 0.136. The van der Waals surface area contributed by atoms with Crippen LogP contribution in [0.15, 0.2) is 54.9 Å². The van der Waals surface area contributed by atoms with E-state index < -0.39 is 5.79 Å². The maximum absolute atomic E-state index is 6.28. The van der Waals surface area contributed by atoms with Gasteiger partial charge in [-0.1, -0.05) is 11.6 Å². The van der Waals surface area contributed by atoms with E-state index in [-0.39, 0.29) is 6.10 Å². The molecule has 2 aromatic carbocycles. The van der Waals surface area contributed by atoms with Crippen molar-refractivity contribution in [3.63, 3.8) is 0 Å². The van der Waals surface area contributed by atoms with E-state index in [4.69, 9.17) is 30.5 Å². The van der Waals surface area contributed by atoms with E-state index in [1.54, 1.807) is 19.5 Å². The summed E-state index contributed by atoms with van der Waals surface area (Å²) in [5.74, 6) is 1.36. The molecule has 2 heterocycles. The van der Waals surface area contributed by atoms with Crippen LogP contribution in [0.2, 0.25) is 5.02 Å². The number of methoxy groups -OCH3 is 1. The van der Waals surface area contributed by atoms with Crippen molar-refractivity contribution in [1.82, 2.24) is 9.97 Å². The lowest BCUT2D eigenvalue weighted by Crippen LogP contribution is -2.32. The second kappa shape index (κ2) is 8.55. The summed E-state index contributed by atoms with van der Waals surface area (Å²) in [7, 11) is 1.65. The third kappa shape index (κ3) is 4.46. The summed E-state index contributed by atoms with van der Waals surface area (Å²) in [6.45, 7) is 2.89. The molecule has 1 saturated heterocycles. The first-order valence-electron chi connectivity index (χ1n) is 9.41. The Labute approximate surface area is 174 Å². The third-order valence-corrected chi connectivity index (χ3v) is 5.06. The zero-order chi connectivity index (χ0) is 20.3. The molecule has 6 nitrogen and oxygen atoms in total. The van der Waals surface area contributed by atoms with Crippen molar-refractivity contribution in [2.75, 3.05) is 20.3 Å². The molecule has 152 valence electrons. The number of benzene rings is 2. The van der Waals surface area contributed by atoms with Crippen molar-refractivity contribution in [2.24, 2.45) is 0 Å². The summed E-state index contributed by atoms with van der Waals surface area (Å²) in [5.41, 5.74) is 1.87. The summed E-state index contributed by atoms with van der Waals surface area (Å²) in [6.07, 6.45) is 3.84. The molecule has 29 heavy (non-hydrogen) atoms. The van der Waals surface area contributed by atoms with E-state index in [9.17, 15) is 0 Å². The third-order valence-electron chi connectivity index (χ3n) is 4.83. The maximum atomic E-state index is 6.28. The van der Waals surface area contributed by atoms with Crippen LogP contribution in [0, 0.1) is 6.92 Å². The Bertz CT molecular complexity index is 946. The molecule has 0 spiro atoms. The van der Waals surface area contributed by atoms with E-state index in [0.29, 0.717) is 24.7 Å². The number of aryl methyl sites for hydroxylation is 1. The Kier molecular flexibility index (Phi) is 5.87. The number of nitrogens with zero attached hydrogens (tertiary/aromatic N) is 1. The lowest BCUT2D eigenvalue weighted by molar-refractivity contribution is -0.181. The van der Waals surface area contributed by atoms with Gasteiger partial charge in [-0.2, -0.15) is 0 Å². The Hall–Kier alpha value is -2.38. The Balaban J connectivity index is 1.57. The van der Waals surface area contributed by atoms with E-state index in [2.05, 4.69) is 9.97 Å². The number of halogens is 1. The lowest BCUT2D eigenvalue weighted by atomic mass is 10.0. The fourth-order valence-electron chi connectivity index (χ4n) is 3.43. The van der Waals surface area contributed by atoms with E-state index in [1.807, 2.05) is 49.4 Å². The highest BCUT2D eigenvalue weighted by Gasteiger charge is 2.44. The number of aromatic nitrogens is 2. The van der Waals surface area contributed by atoms with Crippen molar-refractivity contribution in [3.8, 4) is 11.5 Å². The fourth-order valence-corrected chi connectivity index (χ4v) is 3.65. The summed E-state index contributed by atoms with van der Waals surface area (Å²) < 4.78 is 23.7. The Morgan fingerprint density at radius 3 is 2.76 bits per heavy atom. The highest BCUT2D eigenvalue weighted by Crippen LogP contribution is 2.38. The Morgan fingerprint density at radius 2 is 2.07 bits per heavy atom. The number of nitrogens with one attached hydrogen (secondary N) is 1. The predicted octanol–water partition coefficient (Wildman–Crippen LogP) is 4.62. The van der Waals surface area contributed by atoms with Crippen LogP contribution in [0.3, 0.4) is 0 Å². The normalized spacial score (nSPS) is 21.4. The van der Waals surface area contributed by atoms with Gasteiger partial charge in [0.2, 0.25) is 5.79 Å².